The van der Waals surface area contributed by atoms with Gasteiger partial charge in [0.05, 0.1) is 31.5 Å². The van der Waals surface area contributed by atoms with Crippen molar-refractivity contribution >= 4 is 44.3 Å². The molecule has 3 aromatic rings. The van der Waals surface area contributed by atoms with Crippen LogP contribution in [0, 0.1) is 0 Å². The van der Waals surface area contributed by atoms with Gasteiger partial charge in [0, 0.05) is 79.6 Å². The molecule has 13 nitrogen and oxygen atoms in total. The summed E-state index contributed by atoms with van der Waals surface area (Å²) in [6, 6.07) is 4.73. The standard InChI is InChI=1S/C29H38ClN7O6S/c1-18-12-24-25(15-31-18)43-27(32-24)29(39)37-7-6-36(16-20(37)14-26(38)35-8-10-42-11-9-35)44(40,41)28-22(17-34(2)3)21-13-19(30)4-5-23(21)33-28/h4-5,13,18,20,31,33H,6-12,14-17H2,1-3H3. The van der Waals surface area contributed by atoms with Crippen molar-refractivity contribution in [2.45, 2.75) is 50.0 Å². The van der Waals surface area contributed by atoms with Crippen LogP contribution in [0.2, 0.25) is 5.02 Å². The minimum absolute atomic E-state index is 0.0354. The highest BCUT2D eigenvalue weighted by Crippen LogP contribution is 2.32. The van der Waals surface area contributed by atoms with Crippen LogP contribution in [0.4, 0.5) is 0 Å². The first kappa shape index (κ1) is 31.0. The third-order valence-corrected chi connectivity index (χ3v) is 10.6. The van der Waals surface area contributed by atoms with E-state index in [1.54, 1.807) is 28.0 Å². The SMILES string of the molecule is CC1Cc2nc(C(=O)N3CCN(S(=O)(=O)c4[nH]c5ccc(Cl)cc5c4CN(C)C)CC3CC(=O)N3CCOCC3)oc2CN1. The number of amides is 2. The molecule has 3 aliphatic heterocycles. The molecule has 44 heavy (non-hydrogen) atoms. The Hall–Kier alpha value is -3.01. The van der Waals surface area contributed by atoms with Crippen LogP contribution in [-0.4, -0.2) is 121 Å². The van der Waals surface area contributed by atoms with Crippen molar-refractivity contribution < 1.29 is 27.2 Å². The number of halogens is 1. The largest absolute Gasteiger partial charge is 0.436 e. The van der Waals surface area contributed by atoms with Crippen molar-refractivity contribution in [3.63, 3.8) is 0 Å². The maximum atomic E-state index is 14.3. The fourth-order valence-corrected chi connectivity index (χ4v) is 8.02. The Bertz CT molecular complexity index is 1670. The lowest BCUT2D eigenvalue weighted by Gasteiger charge is -2.40. The molecule has 2 amide bonds. The van der Waals surface area contributed by atoms with Gasteiger partial charge in [0.1, 0.15) is 5.76 Å². The molecule has 2 saturated heterocycles. The molecule has 0 aliphatic carbocycles. The molecular formula is C29H38ClN7O6S. The molecule has 2 aromatic heterocycles. The highest BCUT2D eigenvalue weighted by Gasteiger charge is 2.41. The van der Waals surface area contributed by atoms with Gasteiger partial charge < -0.3 is 34.2 Å². The minimum atomic E-state index is -4.05. The van der Waals surface area contributed by atoms with Crippen LogP contribution in [0.1, 0.15) is 41.0 Å². The van der Waals surface area contributed by atoms with Gasteiger partial charge in [0.25, 0.3) is 15.9 Å². The monoisotopic (exact) mass is 647 g/mol. The second-order valence-electron chi connectivity index (χ2n) is 11.9. The van der Waals surface area contributed by atoms with Crippen LogP contribution >= 0.6 is 11.6 Å². The Morgan fingerprint density at radius 3 is 2.68 bits per heavy atom. The Morgan fingerprint density at radius 2 is 1.93 bits per heavy atom. The van der Waals surface area contributed by atoms with Gasteiger partial charge in [-0.3, -0.25) is 9.59 Å². The second kappa shape index (κ2) is 12.4. The third-order valence-electron chi connectivity index (χ3n) is 8.45. The molecule has 238 valence electrons. The second-order valence-corrected chi connectivity index (χ2v) is 14.3. The number of H-pyrrole nitrogens is 1. The predicted molar refractivity (Wildman–Crippen MR) is 163 cm³/mol. The summed E-state index contributed by atoms with van der Waals surface area (Å²) in [5.41, 5.74) is 2.02. The number of piperazine rings is 1. The van der Waals surface area contributed by atoms with Crippen molar-refractivity contribution in [2.24, 2.45) is 0 Å². The molecule has 0 radical (unpaired) electrons. The Kier molecular flexibility index (Phi) is 8.74. The van der Waals surface area contributed by atoms with Crippen molar-refractivity contribution in [3.05, 3.63) is 46.1 Å². The number of benzene rings is 1. The zero-order valence-electron chi connectivity index (χ0n) is 25.1. The van der Waals surface area contributed by atoms with Gasteiger partial charge in [-0.2, -0.15) is 4.31 Å². The molecule has 15 heteroatoms. The van der Waals surface area contributed by atoms with Gasteiger partial charge in [0.15, 0.2) is 5.03 Å². The predicted octanol–water partition coefficient (Wildman–Crippen LogP) is 1.67. The minimum Gasteiger partial charge on any atom is -0.436 e. The molecule has 0 spiro atoms. The summed E-state index contributed by atoms with van der Waals surface area (Å²) in [6.45, 7) is 4.73. The van der Waals surface area contributed by atoms with E-state index >= 15 is 0 Å². The number of hydrogen-bond donors (Lipinski definition) is 2. The number of nitrogens with one attached hydrogen (secondary N) is 2. The molecule has 2 N–H and O–H groups in total. The van der Waals surface area contributed by atoms with Crippen LogP contribution in [0.25, 0.3) is 10.9 Å². The van der Waals surface area contributed by atoms with E-state index in [9.17, 15) is 18.0 Å². The molecule has 3 aliphatic rings. The lowest BCUT2D eigenvalue weighted by Crippen LogP contribution is -2.58. The molecule has 5 heterocycles. The molecule has 2 fully saturated rings. The maximum absolute atomic E-state index is 14.3. The van der Waals surface area contributed by atoms with Crippen LogP contribution in [-0.2, 0) is 39.1 Å². The molecule has 2 atom stereocenters. The summed E-state index contributed by atoms with van der Waals surface area (Å²) in [6.07, 6.45) is 0.603. The van der Waals surface area contributed by atoms with Crippen molar-refractivity contribution in [3.8, 4) is 0 Å². The number of oxazole rings is 1. The van der Waals surface area contributed by atoms with Gasteiger partial charge in [-0.25, -0.2) is 13.4 Å². The summed E-state index contributed by atoms with van der Waals surface area (Å²) >= 11 is 6.28. The van der Waals surface area contributed by atoms with E-state index < -0.39 is 22.0 Å². The van der Waals surface area contributed by atoms with Crippen molar-refractivity contribution in [2.75, 3.05) is 60.0 Å². The highest BCUT2D eigenvalue weighted by atomic mass is 35.5. The van der Waals surface area contributed by atoms with E-state index in [-0.39, 0.29) is 48.9 Å². The smallest absolute Gasteiger partial charge is 0.310 e. The third kappa shape index (κ3) is 6.11. The van der Waals surface area contributed by atoms with Gasteiger partial charge in [-0.05, 0) is 39.2 Å². The van der Waals surface area contributed by atoms with Crippen LogP contribution in [0.15, 0.2) is 27.6 Å². The van der Waals surface area contributed by atoms with Crippen molar-refractivity contribution in [1.82, 2.24) is 34.3 Å². The number of nitrogens with zero attached hydrogens (tertiary/aromatic N) is 5. The summed E-state index contributed by atoms with van der Waals surface area (Å²) in [5, 5.41) is 4.63. The number of sulfonamides is 1. The molecule has 0 bridgehead atoms. The molecular weight excluding hydrogens is 610 g/mol. The lowest BCUT2D eigenvalue weighted by molar-refractivity contribution is -0.136. The van der Waals surface area contributed by atoms with E-state index in [4.69, 9.17) is 20.8 Å². The Labute approximate surface area is 261 Å². The number of fused-ring (bicyclic) bond motifs is 2. The zero-order chi connectivity index (χ0) is 31.2. The van der Waals surface area contributed by atoms with Crippen LogP contribution < -0.4 is 5.32 Å². The number of ether oxygens (including phenoxy) is 1. The van der Waals surface area contributed by atoms with Gasteiger partial charge >= 0.3 is 5.91 Å². The van der Waals surface area contributed by atoms with E-state index in [1.807, 2.05) is 25.9 Å². The van der Waals surface area contributed by atoms with Crippen LogP contribution in [0.3, 0.4) is 0 Å². The summed E-state index contributed by atoms with van der Waals surface area (Å²) < 4.78 is 41.2. The number of carbonyl (C=O) groups is 2. The number of hydrogen-bond acceptors (Lipinski definition) is 9. The van der Waals surface area contributed by atoms with E-state index in [0.717, 1.165) is 11.1 Å². The number of morpholine rings is 1. The average molecular weight is 648 g/mol. The average Bonchev–Trinajstić information content (AvgIpc) is 3.58. The summed E-state index contributed by atoms with van der Waals surface area (Å²) in [5.74, 6) is -0.0150. The number of aromatic nitrogens is 2. The number of rotatable bonds is 7. The summed E-state index contributed by atoms with van der Waals surface area (Å²) in [7, 11) is -0.311. The Balaban J connectivity index is 1.31. The number of aromatic amines is 1. The molecule has 2 unspecified atom stereocenters. The Morgan fingerprint density at radius 1 is 1.16 bits per heavy atom. The first-order valence-corrected chi connectivity index (χ1v) is 16.7. The first-order valence-electron chi connectivity index (χ1n) is 14.8. The van der Waals surface area contributed by atoms with E-state index in [1.165, 1.54) is 4.31 Å². The molecule has 0 saturated carbocycles. The number of carbonyl (C=O) groups excluding carboxylic acids is 2. The first-order chi connectivity index (χ1) is 21.0. The van der Waals surface area contributed by atoms with Crippen molar-refractivity contribution in [1.29, 1.82) is 0 Å². The quantitative estimate of drug-likeness (QED) is 0.391. The van der Waals surface area contributed by atoms with Gasteiger partial charge in [0.2, 0.25) is 5.91 Å². The van der Waals surface area contributed by atoms with E-state index in [0.29, 0.717) is 67.7 Å². The fraction of sp³-hybridized carbons (Fsp3) is 0.552. The maximum Gasteiger partial charge on any atom is 0.310 e. The molecule has 1 aromatic carbocycles. The topological polar surface area (TPSA) is 144 Å². The van der Waals surface area contributed by atoms with Crippen LogP contribution in [0.5, 0.6) is 0 Å². The van der Waals surface area contributed by atoms with E-state index in [2.05, 4.69) is 15.3 Å². The van der Waals surface area contributed by atoms with Gasteiger partial charge in [-0.1, -0.05) is 11.6 Å². The summed E-state index contributed by atoms with van der Waals surface area (Å²) in [4.78, 5) is 40.0. The molecule has 6 rings (SSSR count). The lowest BCUT2D eigenvalue weighted by atomic mass is 10.1. The highest BCUT2D eigenvalue weighted by molar-refractivity contribution is 7.89. The fourth-order valence-electron chi connectivity index (χ4n) is 6.17. The van der Waals surface area contributed by atoms with Gasteiger partial charge in [-0.15, -0.1) is 0 Å². The zero-order valence-corrected chi connectivity index (χ0v) is 26.7. The normalized spacial score (nSPS) is 21.7.